The highest BCUT2D eigenvalue weighted by atomic mass is 79.9. The lowest BCUT2D eigenvalue weighted by Crippen LogP contribution is -2.19. The molecule has 1 aliphatic heterocycles. The van der Waals surface area contributed by atoms with E-state index in [9.17, 15) is 0 Å². The lowest BCUT2D eigenvalue weighted by atomic mass is 10.2. The van der Waals surface area contributed by atoms with Crippen LogP contribution in [0.3, 0.4) is 0 Å². The van der Waals surface area contributed by atoms with Crippen molar-refractivity contribution < 1.29 is 4.74 Å². The SMILES string of the molecule is Brc1nn(C2CCCCO2)c2ncccc12. The molecule has 4 nitrogen and oxygen atoms in total. The maximum absolute atomic E-state index is 5.73. The monoisotopic (exact) mass is 281 g/mol. The predicted octanol–water partition coefficient (Wildman–Crippen LogP) is 2.89. The van der Waals surface area contributed by atoms with Gasteiger partial charge in [-0.15, -0.1) is 0 Å². The van der Waals surface area contributed by atoms with E-state index in [0.29, 0.717) is 0 Å². The van der Waals surface area contributed by atoms with E-state index in [0.717, 1.165) is 35.1 Å². The molecule has 2 aromatic heterocycles. The Morgan fingerprint density at radius 1 is 1.44 bits per heavy atom. The van der Waals surface area contributed by atoms with Crippen LogP contribution in [0.1, 0.15) is 25.5 Å². The Labute approximate surface area is 102 Å². The lowest BCUT2D eigenvalue weighted by molar-refractivity contribution is -0.0371. The Balaban J connectivity index is 2.08. The van der Waals surface area contributed by atoms with Gasteiger partial charge in [-0.05, 0) is 47.3 Å². The van der Waals surface area contributed by atoms with Crippen molar-refractivity contribution in [2.75, 3.05) is 6.61 Å². The van der Waals surface area contributed by atoms with Crippen molar-refractivity contribution in [2.24, 2.45) is 0 Å². The fourth-order valence-corrected chi connectivity index (χ4v) is 2.53. The summed E-state index contributed by atoms with van der Waals surface area (Å²) in [4.78, 5) is 4.37. The van der Waals surface area contributed by atoms with E-state index < -0.39 is 0 Å². The summed E-state index contributed by atoms with van der Waals surface area (Å²) >= 11 is 3.46. The van der Waals surface area contributed by atoms with Gasteiger partial charge < -0.3 is 4.74 Å². The van der Waals surface area contributed by atoms with Crippen molar-refractivity contribution in [3.05, 3.63) is 22.9 Å². The summed E-state index contributed by atoms with van der Waals surface area (Å²) in [6.45, 7) is 0.816. The first-order valence-corrected chi connectivity index (χ1v) is 6.26. The van der Waals surface area contributed by atoms with E-state index in [1.807, 2.05) is 16.8 Å². The van der Waals surface area contributed by atoms with Crippen molar-refractivity contribution in [3.63, 3.8) is 0 Å². The number of fused-ring (bicyclic) bond motifs is 1. The molecule has 3 heterocycles. The molecule has 2 aromatic rings. The summed E-state index contributed by atoms with van der Waals surface area (Å²) in [5.74, 6) is 0. The van der Waals surface area contributed by atoms with Gasteiger partial charge in [-0.1, -0.05) is 0 Å². The van der Waals surface area contributed by atoms with Crippen molar-refractivity contribution in [3.8, 4) is 0 Å². The fraction of sp³-hybridized carbons (Fsp3) is 0.455. The Hall–Kier alpha value is -0.940. The van der Waals surface area contributed by atoms with Gasteiger partial charge in [0, 0.05) is 12.8 Å². The largest absolute Gasteiger partial charge is 0.356 e. The third-order valence-electron chi connectivity index (χ3n) is 2.85. The average molecular weight is 282 g/mol. The van der Waals surface area contributed by atoms with E-state index in [1.165, 1.54) is 6.42 Å². The quantitative estimate of drug-likeness (QED) is 0.807. The van der Waals surface area contributed by atoms with Crippen LogP contribution in [0.2, 0.25) is 0 Å². The summed E-state index contributed by atoms with van der Waals surface area (Å²) in [6, 6.07) is 3.93. The molecule has 1 unspecified atom stereocenters. The molecular weight excluding hydrogens is 270 g/mol. The second-order valence-corrected chi connectivity index (χ2v) is 4.68. The molecule has 0 aliphatic carbocycles. The highest BCUT2D eigenvalue weighted by Gasteiger charge is 2.20. The number of hydrogen-bond donors (Lipinski definition) is 0. The number of pyridine rings is 1. The van der Waals surface area contributed by atoms with Crippen LogP contribution in [0.4, 0.5) is 0 Å². The Kier molecular flexibility index (Phi) is 2.65. The second-order valence-electron chi connectivity index (χ2n) is 3.93. The molecule has 1 atom stereocenters. The second kappa shape index (κ2) is 4.14. The summed E-state index contributed by atoms with van der Waals surface area (Å²) in [5, 5.41) is 5.50. The zero-order valence-corrected chi connectivity index (χ0v) is 10.4. The Morgan fingerprint density at radius 2 is 2.38 bits per heavy atom. The van der Waals surface area contributed by atoms with Crippen LogP contribution in [0.15, 0.2) is 22.9 Å². The summed E-state index contributed by atoms with van der Waals surface area (Å²) in [5.41, 5.74) is 0.890. The number of ether oxygens (including phenoxy) is 1. The molecule has 0 radical (unpaired) electrons. The van der Waals surface area contributed by atoms with Gasteiger partial charge in [0.25, 0.3) is 0 Å². The molecule has 0 bridgehead atoms. The highest BCUT2D eigenvalue weighted by molar-refractivity contribution is 9.10. The minimum atomic E-state index is 0.0393. The maximum Gasteiger partial charge on any atom is 0.161 e. The third-order valence-corrected chi connectivity index (χ3v) is 3.44. The zero-order chi connectivity index (χ0) is 11.0. The maximum atomic E-state index is 5.73. The molecule has 1 aliphatic rings. The zero-order valence-electron chi connectivity index (χ0n) is 8.77. The van der Waals surface area contributed by atoms with E-state index in [2.05, 4.69) is 26.0 Å². The molecule has 0 aromatic carbocycles. The van der Waals surface area contributed by atoms with Gasteiger partial charge in [0.2, 0.25) is 0 Å². The molecule has 3 rings (SSSR count). The van der Waals surface area contributed by atoms with Gasteiger partial charge >= 0.3 is 0 Å². The number of aromatic nitrogens is 3. The smallest absolute Gasteiger partial charge is 0.161 e. The number of nitrogens with zero attached hydrogens (tertiary/aromatic N) is 3. The van der Waals surface area contributed by atoms with Gasteiger partial charge in [0.05, 0.1) is 5.39 Å². The van der Waals surface area contributed by atoms with E-state index in [4.69, 9.17) is 4.74 Å². The molecule has 0 spiro atoms. The normalized spacial score (nSPS) is 21.4. The first-order chi connectivity index (χ1) is 7.86. The minimum absolute atomic E-state index is 0.0393. The molecular formula is C11H12BrN3O. The number of hydrogen-bond acceptors (Lipinski definition) is 3. The third kappa shape index (κ3) is 1.64. The molecule has 0 amide bonds. The first kappa shape index (κ1) is 10.2. The molecule has 5 heteroatoms. The fourth-order valence-electron chi connectivity index (χ4n) is 2.05. The van der Waals surface area contributed by atoms with Gasteiger partial charge in [0.1, 0.15) is 4.60 Å². The van der Waals surface area contributed by atoms with E-state index in [1.54, 1.807) is 6.20 Å². The topological polar surface area (TPSA) is 39.9 Å². The molecule has 0 saturated carbocycles. The highest BCUT2D eigenvalue weighted by Crippen LogP contribution is 2.28. The van der Waals surface area contributed by atoms with Gasteiger partial charge in [-0.3, -0.25) is 0 Å². The van der Waals surface area contributed by atoms with Crippen LogP contribution in [0.25, 0.3) is 11.0 Å². The summed E-state index contributed by atoms with van der Waals surface area (Å²) in [6.07, 6.45) is 5.17. The number of halogens is 1. The minimum Gasteiger partial charge on any atom is -0.356 e. The number of rotatable bonds is 1. The lowest BCUT2D eigenvalue weighted by Gasteiger charge is -2.22. The van der Waals surface area contributed by atoms with Crippen LogP contribution in [0.5, 0.6) is 0 Å². The molecule has 1 saturated heterocycles. The van der Waals surface area contributed by atoms with Crippen molar-refractivity contribution in [1.82, 2.24) is 14.8 Å². The molecule has 1 fully saturated rings. The van der Waals surface area contributed by atoms with Gasteiger partial charge in [-0.25, -0.2) is 9.67 Å². The average Bonchev–Trinajstić information content (AvgIpc) is 2.69. The van der Waals surface area contributed by atoms with Crippen LogP contribution in [0, 0.1) is 0 Å². The van der Waals surface area contributed by atoms with Crippen LogP contribution < -0.4 is 0 Å². The Bertz CT molecular complexity index is 505. The Morgan fingerprint density at radius 3 is 3.19 bits per heavy atom. The van der Waals surface area contributed by atoms with E-state index in [-0.39, 0.29) is 6.23 Å². The summed E-state index contributed by atoms with van der Waals surface area (Å²) < 4.78 is 8.45. The first-order valence-electron chi connectivity index (χ1n) is 5.46. The standard InChI is InChI=1S/C11H12BrN3O/c12-10-8-4-3-6-13-11(8)15(14-10)9-5-1-2-7-16-9/h3-4,6,9H,1-2,5,7H2. The van der Waals surface area contributed by atoms with Crippen molar-refractivity contribution in [1.29, 1.82) is 0 Å². The van der Waals surface area contributed by atoms with Gasteiger partial charge in [0.15, 0.2) is 11.9 Å². The summed E-state index contributed by atoms with van der Waals surface area (Å²) in [7, 11) is 0. The van der Waals surface area contributed by atoms with Gasteiger partial charge in [-0.2, -0.15) is 5.10 Å². The van der Waals surface area contributed by atoms with Crippen LogP contribution in [-0.4, -0.2) is 21.4 Å². The van der Waals surface area contributed by atoms with Crippen LogP contribution in [-0.2, 0) is 4.74 Å². The molecule has 84 valence electrons. The van der Waals surface area contributed by atoms with E-state index >= 15 is 0 Å². The van der Waals surface area contributed by atoms with Crippen molar-refractivity contribution >= 4 is 27.0 Å². The predicted molar refractivity (Wildman–Crippen MR) is 64.1 cm³/mol. The molecule has 16 heavy (non-hydrogen) atoms. The van der Waals surface area contributed by atoms with Crippen LogP contribution >= 0.6 is 15.9 Å². The molecule has 0 N–H and O–H groups in total. The van der Waals surface area contributed by atoms with Crippen molar-refractivity contribution in [2.45, 2.75) is 25.5 Å².